The molecule has 5 nitrogen and oxygen atoms in total. The van der Waals surface area contributed by atoms with Crippen molar-refractivity contribution >= 4 is 40.6 Å². The van der Waals surface area contributed by atoms with Crippen molar-refractivity contribution in [1.29, 1.82) is 0 Å². The molecular formula is C18H12ClFN2O3. The van der Waals surface area contributed by atoms with Crippen LogP contribution in [0.4, 0.5) is 15.8 Å². The van der Waals surface area contributed by atoms with Gasteiger partial charge in [-0.25, -0.2) is 9.29 Å². The van der Waals surface area contributed by atoms with Gasteiger partial charge in [-0.2, -0.15) is 0 Å². The molecule has 0 fully saturated rings. The summed E-state index contributed by atoms with van der Waals surface area (Å²) in [5.74, 6) is -1.90. The van der Waals surface area contributed by atoms with Crippen LogP contribution in [0.3, 0.4) is 0 Å². The lowest BCUT2D eigenvalue weighted by Crippen LogP contribution is -2.32. The van der Waals surface area contributed by atoms with E-state index >= 15 is 0 Å². The summed E-state index contributed by atoms with van der Waals surface area (Å²) < 4.78 is 13.0. The number of rotatable bonds is 4. The first-order valence-electron chi connectivity index (χ1n) is 7.30. The molecule has 1 aliphatic heterocycles. The van der Waals surface area contributed by atoms with Crippen LogP contribution in [0.1, 0.15) is 17.3 Å². The van der Waals surface area contributed by atoms with Crippen molar-refractivity contribution in [3.63, 3.8) is 0 Å². The van der Waals surface area contributed by atoms with Crippen molar-refractivity contribution < 1.29 is 18.8 Å². The lowest BCUT2D eigenvalue weighted by Gasteiger charge is -2.15. The van der Waals surface area contributed by atoms with E-state index in [1.807, 2.05) is 0 Å². The normalized spacial score (nSPS) is 14.3. The average molecular weight is 359 g/mol. The molecule has 2 aromatic carbocycles. The highest BCUT2D eigenvalue weighted by Crippen LogP contribution is 2.30. The van der Waals surface area contributed by atoms with E-state index in [1.165, 1.54) is 19.1 Å². The summed E-state index contributed by atoms with van der Waals surface area (Å²) in [5, 5.41) is 2.54. The SMILES string of the molecule is CC(=O)c1ccc(NC2=C(Cl)C(=O)N(c3ccc(F)cc3)C2=O)cc1. The number of anilines is 2. The maximum absolute atomic E-state index is 13.0. The Hall–Kier alpha value is -2.99. The van der Waals surface area contributed by atoms with E-state index in [1.54, 1.807) is 24.3 Å². The first-order chi connectivity index (χ1) is 11.9. The van der Waals surface area contributed by atoms with Crippen molar-refractivity contribution in [2.75, 3.05) is 10.2 Å². The predicted octanol–water partition coefficient (Wildman–Crippen LogP) is 3.46. The molecule has 0 spiro atoms. The molecule has 0 saturated carbocycles. The largest absolute Gasteiger partial charge is 0.350 e. The topological polar surface area (TPSA) is 66.5 Å². The Kier molecular flexibility index (Phi) is 4.37. The van der Waals surface area contributed by atoms with E-state index in [2.05, 4.69) is 5.32 Å². The van der Waals surface area contributed by atoms with Gasteiger partial charge in [0.25, 0.3) is 11.8 Å². The average Bonchev–Trinajstić information content (AvgIpc) is 2.80. The molecule has 1 aliphatic rings. The molecule has 0 atom stereocenters. The molecule has 0 bridgehead atoms. The first kappa shape index (κ1) is 16.9. The fourth-order valence-corrected chi connectivity index (χ4v) is 2.58. The Labute approximate surface area is 147 Å². The number of nitrogens with one attached hydrogen (secondary N) is 1. The van der Waals surface area contributed by atoms with Crippen molar-refractivity contribution in [3.8, 4) is 0 Å². The maximum atomic E-state index is 13.0. The highest BCUT2D eigenvalue weighted by Gasteiger charge is 2.38. The van der Waals surface area contributed by atoms with Crippen LogP contribution in [0, 0.1) is 5.82 Å². The van der Waals surface area contributed by atoms with Gasteiger partial charge in [0.15, 0.2) is 5.78 Å². The van der Waals surface area contributed by atoms with Gasteiger partial charge in [-0.05, 0) is 55.5 Å². The molecule has 2 amide bonds. The van der Waals surface area contributed by atoms with Crippen LogP contribution in [-0.4, -0.2) is 17.6 Å². The zero-order valence-electron chi connectivity index (χ0n) is 13.0. The number of imide groups is 1. The number of amides is 2. The number of ketones is 1. The summed E-state index contributed by atoms with van der Waals surface area (Å²) in [6, 6.07) is 11.3. The number of hydrogen-bond donors (Lipinski definition) is 1. The highest BCUT2D eigenvalue weighted by molar-refractivity contribution is 6.53. The highest BCUT2D eigenvalue weighted by atomic mass is 35.5. The van der Waals surface area contributed by atoms with E-state index in [0.717, 1.165) is 17.0 Å². The number of carbonyl (C=O) groups is 3. The third-order valence-corrected chi connectivity index (χ3v) is 4.02. The van der Waals surface area contributed by atoms with Crippen LogP contribution in [0.15, 0.2) is 59.3 Å². The van der Waals surface area contributed by atoms with E-state index in [0.29, 0.717) is 11.3 Å². The number of carbonyl (C=O) groups excluding carboxylic acids is 3. The number of Topliss-reactive ketones (excluding diaryl/α,β-unsaturated/α-hetero) is 1. The minimum atomic E-state index is -0.693. The molecule has 0 aliphatic carbocycles. The third kappa shape index (κ3) is 3.16. The molecule has 0 aromatic heterocycles. The van der Waals surface area contributed by atoms with Crippen molar-refractivity contribution in [2.24, 2.45) is 0 Å². The second-order valence-corrected chi connectivity index (χ2v) is 5.75. The lowest BCUT2D eigenvalue weighted by atomic mass is 10.1. The second kappa shape index (κ2) is 6.49. The molecule has 0 radical (unpaired) electrons. The minimum absolute atomic E-state index is 0.0773. The Balaban J connectivity index is 1.86. The van der Waals surface area contributed by atoms with E-state index < -0.39 is 17.6 Å². The minimum Gasteiger partial charge on any atom is -0.350 e. The van der Waals surface area contributed by atoms with E-state index in [4.69, 9.17) is 11.6 Å². The smallest absolute Gasteiger partial charge is 0.283 e. The lowest BCUT2D eigenvalue weighted by molar-refractivity contribution is -0.120. The molecular weight excluding hydrogens is 347 g/mol. The fraction of sp³-hybridized carbons (Fsp3) is 0.0556. The van der Waals surface area contributed by atoms with Crippen LogP contribution in [0.25, 0.3) is 0 Å². The molecule has 25 heavy (non-hydrogen) atoms. The molecule has 2 aromatic rings. The summed E-state index contributed by atoms with van der Waals surface area (Å²) in [6.45, 7) is 1.45. The molecule has 7 heteroatoms. The molecule has 126 valence electrons. The summed E-state index contributed by atoms with van der Waals surface area (Å²) in [4.78, 5) is 37.0. The van der Waals surface area contributed by atoms with Crippen LogP contribution >= 0.6 is 11.6 Å². The van der Waals surface area contributed by atoms with Gasteiger partial charge in [0.05, 0.1) is 5.69 Å². The summed E-state index contributed by atoms with van der Waals surface area (Å²) >= 11 is 6.01. The van der Waals surface area contributed by atoms with Gasteiger partial charge >= 0.3 is 0 Å². The van der Waals surface area contributed by atoms with Gasteiger partial charge in [0.1, 0.15) is 16.5 Å². The Morgan fingerprint density at radius 2 is 1.60 bits per heavy atom. The molecule has 3 rings (SSSR count). The predicted molar refractivity (Wildman–Crippen MR) is 91.8 cm³/mol. The van der Waals surface area contributed by atoms with E-state index in [9.17, 15) is 18.8 Å². The Morgan fingerprint density at radius 3 is 2.16 bits per heavy atom. The fourth-order valence-electron chi connectivity index (χ4n) is 2.37. The standard InChI is InChI=1S/C18H12ClFN2O3/c1-10(23)11-2-6-13(7-3-11)21-16-15(19)17(24)22(18(16)25)14-8-4-12(20)5-9-14/h2-9,21H,1H3. The van der Waals surface area contributed by atoms with Crippen LogP contribution in [-0.2, 0) is 9.59 Å². The Morgan fingerprint density at radius 1 is 1.00 bits per heavy atom. The monoisotopic (exact) mass is 358 g/mol. The van der Waals surface area contributed by atoms with Gasteiger partial charge in [0.2, 0.25) is 0 Å². The summed E-state index contributed by atoms with van der Waals surface area (Å²) in [6.07, 6.45) is 0. The van der Waals surface area contributed by atoms with Gasteiger partial charge < -0.3 is 5.32 Å². The number of halogens is 2. The number of hydrogen-bond acceptors (Lipinski definition) is 4. The van der Waals surface area contributed by atoms with Gasteiger partial charge in [-0.3, -0.25) is 14.4 Å². The molecule has 1 heterocycles. The van der Waals surface area contributed by atoms with Gasteiger partial charge in [0, 0.05) is 11.3 Å². The molecule has 0 unspecified atom stereocenters. The van der Waals surface area contributed by atoms with Crippen LogP contribution < -0.4 is 10.2 Å². The first-order valence-corrected chi connectivity index (χ1v) is 7.68. The number of benzene rings is 2. The zero-order chi connectivity index (χ0) is 18.1. The quantitative estimate of drug-likeness (QED) is 0.671. The molecule has 1 N–H and O–H groups in total. The van der Waals surface area contributed by atoms with Gasteiger partial charge in [-0.1, -0.05) is 11.6 Å². The van der Waals surface area contributed by atoms with Crippen molar-refractivity contribution in [2.45, 2.75) is 6.92 Å². The van der Waals surface area contributed by atoms with Crippen LogP contribution in [0.5, 0.6) is 0 Å². The van der Waals surface area contributed by atoms with Crippen molar-refractivity contribution in [1.82, 2.24) is 0 Å². The summed E-state index contributed by atoms with van der Waals surface area (Å²) in [7, 11) is 0. The summed E-state index contributed by atoms with van der Waals surface area (Å²) in [5.41, 5.74) is 1.16. The Bertz CT molecular complexity index is 905. The molecule has 0 saturated heterocycles. The van der Waals surface area contributed by atoms with Gasteiger partial charge in [-0.15, -0.1) is 0 Å². The third-order valence-electron chi connectivity index (χ3n) is 3.67. The zero-order valence-corrected chi connectivity index (χ0v) is 13.8. The van der Waals surface area contributed by atoms with E-state index in [-0.39, 0.29) is 22.2 Å². The number of nitrogens with zero attached hydrogens (tertiary/aromatic N) is 1. The van der Waals surface area contributed by atoms with Crippen molar-refractivity contribution in [3.05, 3.63) is 70.6 Å². The maximum Gasteiger partial charge on any atom is 0.283 e. The van der Waals surface area contributed by atoms with Crippen LogP contribution in [0.2, 0.25) is 0 Å². The second-order valence-electron chi connectivity index (χ2n) is 5.37.